The van der Waals surface area contributed by atoms with E-state index in [4.69, 9.17) is 9.47 Å². The molecule has 0 amide bonds. The molecule has 0 unspecified atom stereocenters. The molecule has 2 heterocycles. The smallest absolute Gasteiger partial charge is 0.416 e. The second-order valence-corrected chi connectivity index (χ2v) is 10.4. The maximum absolute atomic E-state index is 13.1. The summed E-state index contributed by atoms with van der Waals surface area (Å²) in [4.78, 5) is 6.38. The molecule has 0 saturated carbocycles. The van der Waals surface area contributed by atoms with Crippen molar-refractivity contribution in [1.82, 2.24) is 10.3 Å². The fourth-order valence-electron chi connectivity index (χ4n) is 5.04. The predicted octanol–water partition coefficient (Wildman–Crippen LogP) is 6.08. The van der Waals surface area contributed by atoms with Crippen molar-refractivity contribution in [2.24, 2.45) is 5.92 Å². The van der Waals surface area contributed by atoms with Crippen LogP contribution in [0, 0.1) is 5.92 Å². The number of nitrogens with zero attached hydrogens (tertiary/aromatic N) is 2. The molecule has 4 aromatic rings. The average Bonchev–Trinajstić information content (AvgIpc) is 2.99. The van der Waals surface area contributed by atoms with Crippen LogP contribution >= 0.6 is 0 Å². The minimum atomic E-state index is -4.39. The standard InChI is InChI=1S/C32H34F3N3O3/c33-32(34,35)25-6-11-29-30(18-25)37-15-12-31(29)38-16-13-23(14-17-38)19-36-20-26(39)22-41-28-9-7-27(8-10-28)40-21-24-4-2-1-3-5-24/h1-12,15,18,23,26,36,39H,13-14,16-17,19-22H2/t26-/m0/s1. The van der Waals surface area contributed by atoms with Gasteiger partial charge in [0.05, 0.1) is 11.1 Å². The monoisotopic (exact) mass is 565 g/mol. The van der Waals surface area contributed by atoms with E-state index < -0.39 is 17.8 Å². The van der Waals surface area contributed by atoms with Gasteiger partial charge in [-0.1, -0.05) is 36.4 Å². The number of benzene rings is 3. The summed E-state index contributed by atoms with van der Waals surface area (Å²) >= 11 is 0. The third-order valence-corrected chi connectivity index (χ3v) is 7.33. The average molecular weight is 566 g/mol. The number of aromatic nitrogens is 1. The second kappa shape index (κ2) is 13.2. The van der Waals surface area contributed by atoms with Crippen molar-refractivity contribution in [1.29, 1.82) is 0 Å². The van der Waals surface area contributed by atoms with Crippen LogP contribution in [0.4, 0.5) is 18.9 Å². The molecule has 1 aromatic heterocycles. The van der Waals surface area contributed by atoms with Gasteiger partial charge in [-0.25, -0.2) is 0 Å². The maximum Gasteiger partial charge on any atom is 0.416 e. The lowest BCUT2D eigenvalue weighted by Gasteiger charge is -2.34. The minimum Gasteiger partial charge on any atom is -0.491 e. The second-order valence-electron chi connectivity index (χ2n) is 10.4. The van der Waals surface area contributed by atoms with Crippen LogP contribution in [-0.4, -0.2) is 49.0 Å². The first kappa shape index (κ1) is 28.7. The Hall–Kier alpha value is -3.82. The fraction of sp³-hybridized carbons (Fsp3) is 0.344. The topological polar surface area (TPSA) is 66.9 Å². The Balaban J connectivity index is 1.01. The molecule has 0 radical (unpaired) electrons. The van der Waals surface area contributed by atoms with Gasteiger partial charge < -0.3 is 24.8 Å². The number of aliphatic hydroxyl groups excluding tert-OH is 1. The molecule has 41 heavy (non-hydrogen) atoms. The molecule has 6 nitrogen and oxygen atoms in total. The number of hydrogen-bond donors (Lipinski definition) is 2. The molecule has 1 aliphatic heterocycles. The van der Waals surface area contributed by atoms with Gasteiger partial charge in [0, 0.05) is 36.9 Å². The van der Waals surface area contributed by atoms with Crippen molar-refractivity contribution in [2.75, 3.05) is 37.7 Å². The Bertz CT molecular complexity index is 1390. The van der Waals surface area contributed by atoms with Gasteiger partial charge in [0.1, 0.15) is 30.8 Å². The summed E-state index contributed by atoms with van der Waals surface area (Å²) in [7, 11) is 0. The van der Waals surface area contributed by atoms with E-state index >= 15 is 0 Å². The zero-order valence-electron chi connectivity index (χ0n) is 22.7. The number of anilines is 1. The molecular weight excluding hydrogens is 531 g/mol. The van der Waals surface area contributed by atoms with E-state index in [1.807, 2.05) is 60.7 Å². The zero-order valence-corrected chi connectivity index (χ0v) is 22.7. The molecule has 1 fully saturated rings. The van der Waals surface area contributed by atoms with Crippen molar-refractivity contribution in [3.05, 3.63) is 96.2 Å². The number of pyridine rings is 1. The van der Waals surface area contributed by atoms with Crippen LogP contribution in [-0.2, 0) is 12.8 Å². The van der Waals surface area contributed by atoms with Crippen LogP contribution in [0.3, 0.4) is 0 Å². The highest BCUT2D eigenvalue weighted by atomic mass is 19.4. The van der Waals surface area contributed by atoms with Crippen LogP contribution in [0.25, 0.3) is 10.9 Å². The van der Waals surface area contributed by atoms with Gasteiger partial charge in [-0.3, -0.25) is 4.98 Å². The highest BCUT2D eigenvalue weighted by Gasteiger charge is 2.31. The third-order valence-electron chi connectivity index (χ3n) is 7.33. The van der Waals surface area contributed by atoms with Crippen molar-refractivity contribution in [3.8, 4) is 11.5 Å². The Morgan fingerprint density at radius 2 is 1.63 bits per heavy atom. The van der Waals surface area contributed by atoms with Gasteiger partial charge in [0.2, 0.25) is 0 Å². The highest BCUT2D eigenvalue weighted by Crippen LogP contribution is 2.34. The van der Waals surface area contributed by atoms with E-state index in [-0.39, 0.29) is 6.61 Å². The third kappa shape index (κ3) is 7.89. The summed E-state index contributed by atoms with van der Waals surface area (Å²) in [5.41, 5.74) is 1.68. The Kier molecular flexibility index (Phi) is 9.26. The Morgan fingerprint density at radius 1 is 0.927 bits per heavy atom. The summed E-state index contributed by atoms with van der Waals surface area (Å²) in [6.45, 7) is 3.50. The number of ether oxygens (including phenoxy) is 2. The molecule has 0 spiro atoms. The van der Waals surface area contributed by atoms with E-state index in [1.165, 1.54) is 6.07 Å². The van der Waals surface area contributed by atoms with E-state index in [0.717, 1.165) is 67.0 Å². The normalized spacial score (nSPS) is 15.2. The summed E-state index contributed by atoms with van der Waals surface area (Å²) in [5, 5.41) is 14.5. The van der Waals surface area contributed by atoms with E-state index in [9.17, 15) is 18.3 Å². The van der Waals surface area contributed by atoms with Crippen molar-refractivity contribution in [3.63, 3.8) is 0 Å². The van der Waals surface area contributed by atoms with E-state index in [0.29, 0.717) is 30.3 Å². The lowest BCUT2D eigenvalue weighted by molar-refractivity contribution is -0.137. The quantitative estimate of drug-likeness (QED) is 0.230. The van der Waals surface area contributed by atoms with Crippen molar-refractivity contribution < 1.29 is 27.8 Å². The summed E-state index contributed by atoms with van der Waals surface area (Å²) in [6.07, 6.45) is -1.57. The number of alkyl halides is 3. The first-order valence-corrected chi connectivity index (χ1v) is 13.8. The number of piperidine rings is 1. The number of rotatable bonds is 11. The van der Waals surface area contributed by atoms with Gasteiger partial charge >= 0.3 is 6.18 Å². The number of hydrogen-bond acceptors (Lipinski definition) is 6. The lowest BCUT2D eigenvalue weighted by Crippen LogP contribution is -2.39. The summed E-state index contributed by atoms with van der Waals surface area (Å²) in [5.74, 6) is 1.87. The van der Waals surface area contributed by atoms with Crippen LogP contribution < -0.4 is 19.7 Å². The lowest BCUT2D eigenvalue weighted by atomic mass is 9.96. The molecule has 1 aliphatic rings. The van der Waals surface area contributed by atoms with Crippen LogP contribution in [0.2, 0.25) is 0 Å². The molecule has 0 aliphatic carbocycles. The minimum absolute atomic E-state index is 0.181. The number of fused-ring (bicyclic) bond motifs is 1. The Morgan fingerprint density at radius 3 is 2.34 bits per heavy atom. The summed E-state index contributed by atoms with van der Waals surface area (Å²) < 4.78 is 50.8. The number of aliphatic hydroxyl groups is 1. The Labute approximate surface area is 237 Å². The fourth-order valence-corrected chi connectivity index (χ4v) is 5.04. The van der Waals surface area contributed by atoms with Crippen molar-refractivity contribution in [2.45, 2.75) is 31.7 Å². The summed E-state index contributed by atoms with van der Waals surface area (Å²) in [6, 6.07) is 22.9. The van der Waals surface area contributed by atoms with Gasteiger partial charge in [-0.2, -0.15) is 13.2 Å². The number of halogens is 3. The number of nitrogens with one attached hydrogen (secondary N) is 1. The van der Waals surface area contributed by atoms with E-state index in [1.54, 1.807) is 6.20 Å². The maximum atomic E-state index is 13.1. The van der Waals surface area contributed by atoms with Crippen LogP contribution in [0.15, 0.2) is 85.1 Å². The first-order chi connectivity index (χ1) is 19.8. The predicted molar refractivity (Wildman–Crippen MR) is 153 cm³/mol. The van der Waals surface area contributed by atoms with E-state index in [2.05, 4.69) is 15.2 Å². The SMILES string of the molecule is O[C@@H](CNCC1CCN(c2ccnc3cc(C(F)(F)F)ccc23)CC1)COc1ccc(OCc2ccccc2)cc1. The molecular formula is C32H34F3N3O3. The molecule has 3 aromatic carbocycles. The van der Waals surface area contributed by atoms with Gasteiger partial charge in [0.15, 0.2) is 0 Å². The highest BCUT2D eigenvalue weighted by molar-refractivity contribution is 5.92. The van der Waals surface area contributed by atoms with Crippen LogP contribution in [0.5, 0.6) is 11.5 Å². The molecule has 5 rings (SSSR count). The first-order valence-electron chi connectivity index (χ1n) is 13.8. The molecule has 216 valence electrons. The largest absolute Gasteiger partial charge is 0.491 e. The van der Waals surface area contributed by atoms with Gasteiger partial charge in [0.25, 0.3) is 0 Å². The van der Waals surface area contributed by atoms with Crippen LogP contribution in [0.1, 0.15) is 24.0 Å². The zero-order chi connectivity index (χ0) is 28.7. The molecule has 1 atom stereocenters. The van der Waals surface area contributed by atoms with Gasteiger partial charge in [-0.05, 0) is 73.3 Å². The molecule has 2 N–H and O–H groups in total. The van der Waals surface area contributed by atoms with Gasteiger partial charge in [-0.15, -0.1) is 0 Å². The van der Waals surface area contributed by atoms with Crippen molar-refractivity contribution >= 4 is 16.6 Å². The molecule has 9 heteroatoms. The molecule has 0 bridgehead atoms. The molecule has 1 saturated heterocycles.